The number of allylic oxidation sites excluding steroid dienone is 1. The third kappa shape index (κ3) is 4.60. The Balaban J connectivity index is 1.83. The summed E-state index contributed by atoms with van der Waals surface area (Å²) in [7, 11) is 0. The number of nitrogens with one attached hydrogen (secondary N) is 1. The Bertz CT molecular complexity index is 504. The maximum atomic E-state index is 12.0. The summed E-state index contributed by atoms with van der Waals surface area (Å²) in [5, 5.41) is 22.5. The fourth-order valence-electron chi connectivity index (χ4n) is 2.86. The molecule has 0 bridgehead atoms. The number of benzene rings is 1. The molecular formula is C18H25NO3. The molecule has 2 unspecified atom stereocenters. The quantitative estimate of drug-likeness (QED) is 0.706. The number of rotatable bonds is 6. The third-order valence-electron chi connectivity index (χ3n) is 4.32. The zero-order chi connectivity index (χ0) is 15.9. The molecule has 1 aromatic carbocycles. The Kier molecular flexibility index (Phi) is 6.01. The Morgan fingerprint density at radius 3 is 2.50 bits per heavy atom. The second-order valence-corrected chi connectivity index (χ2v) is 6.06. The number of ketones is 1. The molecule has 1 aliphatic rings. The van der Waals surface area contributed by atoms with Crippen molar-refractivity contribution in [1.29, 1.82) is 0 Å². The van der Waals surface area contributed by atoms with E-state index in [9.17, 15) is 15.0 Å². The molecule has 0 amide bonds. The molecule has 1 aromatic rings. The average molecular weight is 303 g/mol. The predicted octanol–water partition coefficient (Wildman–Crippen LogP) is 3.07. The van der Waals surface area contributed by atoms with Crippen LogP contribution in [0.1, 0.15) is 50.7 Å². The Labute approximate surface area is 131 Å². The van der Waals surface area contributed by atoms with Crippen LogP contribution in [0, 0.1) is 5.92 Å². The molecule has 3 N–H and O–H groups in total. The lowest BCUT2D eigenvalue weighted by molar-refractivity contribution is -0.119. The molecule has 0 saturated heterocycles. The van der Waals surface area contributed by atoms with Crippen molar-refractivity contribution in [3.05, 3.63) is 42.1 Å². The molecule has 1 fully saturated rings. The van der Waals surface area contributed by atoms with Crippen LogP contribution >= 0.6 is 0 Å². The summed E-state index contributed by atoms with van der Waals surface area (Å²) in [5.41, 5.74) is 0.727. The fourth-order valence-corrected chi connectivity index (χ4v) is 2.86. The van der Waals surface area contributed by atoms with Crippen LogP contribution in [0.15, 0.2) is 36.5 Å². The van der Waals surface area contributed by atoms with Gasteiger partial charge in [0.05, 0.1) is 12.1 Å². The van der Waals surface area contributed by atoms with E-state index in [0.717, 1.165) is 31.2 Å². The second kappa shape index (κ2) is 7.99. The molecule has 1 saturated carbocycles. The first kappa shape index (κ1) is 16.6. The molecule has 0 spiro atoms. The van der Waals surface area contributed by atoms with E-state index >= 15 is 0 Å². The minimum absolute atomic E-state index is 0.170. The van der Waals surface area contributed by atoms with E-state index in [4.69, 9.17) is 0 Å². The molecule has 2 rings (SSSR count). The highest BCUT2D eigenvalue weighted by Gasteiger charge is 2.19. The van der Waals surface area contributed by atoms with Gasteiger partial charge in [0.2, 0.25) is 0 Å². The van der Waals surface area contributed by atoms with E-state index < -0.39 is 6.10 Å². The van der Waals surface area contributed by atoms with E-state index in [0.29, 0.717) is 0 Å². The van der Waals surface area contributed by atoms with Crippen molar-refractivity contribution in [2.45, 2.75) is 51.2 Å². The van der Waals surface area contributed by atoms with Crippen LogP contribution < -0.4 is 5.32 Å². The Hall–Kier alpha value is -1.81. The summed E-state index contributed by atoms with van der Waals surface area (Å²) >= 11 is 0. The van der Waals surface area contributed by atoms with Gasteiger partial charge >= 0.3 is 0 Å². The number of phenols is 1. The van der Waals surface area contributed by atoms with Crippen molar-refractivity contribution < 1.29 is 15.0 Å². The lowest BCUT2D eigenvalue weighted by Crippen LogP contribution is -2.28. The highest BCUT2D eigenvalue weighted by molar-refractivity contribution is 5.91. The van der Waals surface area contributed by atoms with Gasteiger partial charge in [0, 0.05) is 12.1 Å². The summed E-state index contributed by atoms with van der Waals surface area (Å²) < 4.78 is 0. The van der Waals surface area contributed by atoms with Crippen molar-refractivity contribution in [1.82, 2.24) is 5.32 Å². The van der Waals surface area contributed by atoms with Gasteiger partial charge in [-0.2, -0.15) is 0 Å². The lowest BCUT2D eigenvalue weighted by Gasteiger charge is -2.20. The molecule has 0 heterocycles. The van der Waals surface area contributed by atoms with Crippen molar-refractivity contribution in [3.8, 4) is 5.75 Å². The molecule has 0 radical (unpaired) electrons. The van der Waals surface area contributed by atoms with Gasteiger partial charge in [0.25, 0.3) is 0 Å². The number of aliphatic hydroxyl groups excluding tert-OH is 1. The Morgan fingerprint density at radius 2 is 1.86 bits per heavy atom. The maximum Gasteiger partial charge on any atom is 0.160 e. The summed E-state index contributed by atoms with van der Waals surface area (Å²) in [6, 6.07) is 6.26. The molecule has 2 atom stereocenters. The normalized spacial score (nSPS) is 19.0. The number of hydrogen-bond donors (Lipinski definition) is 3. The van der Waals surface area contributed by atoms with E-state index in [2.05, 4.69) is 5.32 Å². The summed E-state index contributed by atoms with van der Waals surface area (Å²) in [6.45, 7) is 1.85. The van der Waals surface area contributed by atoms with E-state index in [1.54, 1.807) is 36.5 Å². The van der Waals surface area contributed by atoms with Crippen LogP contribution in [0.2, 0.25) is 0 Å². The number of hydrogen-bond acceptors (Lipinski definition) is 4. The Morgan fingerprint density at radius 1 is 1.23 bits per heavy atom. The smallest absolute Gasteiger partial charge is 0.160 e. The molecular weight excluding hydrogens is 278 g/mol. The molecule has 4 heteroatoms. The van der Waals surface area contributed by atoms with Crippen molar-refractivity contribution in [2.75, 3.05) is 0 Å². The average Bonchev–Trinajstić information content (AvgIpc) is 2.55. The number of aliphatic hydroxyl groups is 1. The van der Waals surface area contributed by atoms with Gasteiger partial charge in [0.1, 0.15) is 5.75 Å². The summed E-state index contributed by atoms with van der Waals surface area (Å²) in [6.07, 6.45) is 8.06. The van der Waals surface area contributed by atoms with E-state index in [-0.39, 0.29) is 23.5 Å². The van der Waals surface area contributed by atoms with Gasteiger partial charge in [-0.1, -0.05) is 31.4 Å². The molecule has 22 heavy (non-hydrogen) atoms. The van der Waals surface area contributed by atoms with Crippen molar-refractivity contribution in [3.63, 3.8) is 0 Å². The first-order valence-electron chi connectivity index (χ1n) is 8.01. The third-order valence-corrected chi connectivity index (χ3v) is 4.32. The van der Waals surface area contributed by atoms with Gasteiger partial charge in [-0.05, 0) is 43.5 Å². The zero-order valence-electron chi connectivity index (χ0n) is 13.0. The topological polar surface area (TPSA) is 69.6 Å². The fraction of sp³-hybridized carbons (Fsp3) is 0.500. The molecule has 0 aromatic heterocycles. The molecule has 1 aliphatic carbocycles. The molecule has 0 aliphatic heterocycles. The molecule has 120 valence electrons. The van der Waals surface area contributed by atoms with Crippen LogP contribution in [0.4, 0.5) is 0 Å². The predicted molar refractivity (Wildman–Crippen MR) is 86.4 cm³/mol. The maximum absolute atomic E-state index is 12.0. The van der Waals surface area contributed by atoms with Gasteiger partial charge < -0.3 is 15.5 Å². The van der Waals surface area contributed by atoms with Crippen LogP contribution in [-0.4, -0.2) is 22.0 Å². The van der Waals surface area contributed by atoms with Crippen LogP contribution in [0.25, 0.3) is 0 Å². The lowest BCUT2D eigenvalue weighted by atomic mass is 9.86. The van der Waals surface area contributed by atoms with Gasteiger partial charge in [-0.3, -0.25) is 4.79 Å². The van der Waals surface area contributed by atoms with Crippen molar-refractivity contribution >= 4 is 5.78 Å². The molecule has 4 nitrogen and oxygen atoms in total. The summed E-state index contributed by atoms with van der Waals surface area (Å²) in [4.78, 5) is 12.0. The largest absolute Gasteiger partial charge is 0.508 e. The highest BCUT2D eigenvalue weighted by Crippen LogP contribution is 2.24. The number of carbonyl (C=O) groups is 1. The van der Waals surface area contributed by atoms with Crippen LogP contribution in [0.3, 0.4) is 0 Å². The standard InChI is InChI=1S/C18H25NO3/c1-13(18(22)15-7-9-16(20)10-8-15)19-12-11-17(21)14-5-3-2-4-6-14/h7-14,18-20,22H,2-6H2,1H3/b12-11+. The van der Waals surface area contributed by atoms with Crippen LogP contribution in [-0.2, 0) is 4.79 Å². The van der Waals surface area contributed by atoms with Gasteiger partial charge in [-0.15, -0.1) is 0 Å². The minimum Gasteiger partial charge on any atom is -0.508 e. The van der Waals surface area contributed by atoms with Gasteiger partial charge in [-0.25, -0.2) is 0 Å². The summed E-state index contributed by atoms with van der Waals surface area (Å²) in [5.74, 6) is 0.525. The first-order chi connectivity index (χ1) is 10.6. The highest BCUT2D eigenvalue weighted by atomic mass is 16.3. The number of phenolic OH excluding ortho intramolecular Hbond substituents is 1. The first-order valence-corrected chi connectivity index (χ1v) is 8.01. The van der Waals surface area contributed by atoms with Gasteiger partial charge in [0.15, 0.2) is 5.78 Å². The second-order valence-electron chi connectivity index (χ2n) is 6.06. The van der Waals surface area contributed by atoms with Crippen molar-refractivity contribution in [2.24, 2.45) is 5.92 Å². The van der Waals surface area contributed by atoms with E-state index in [1.807, 2.05) is 6.92 Å². The van der Waals surface area contributed by atoms with E-state index in [1.165, 1.54) is 6.42 Å². The number of carbonyl (C=O) groups excluding carboxylic acids is 1. The minimum atomic E-state index is -0.699. The SMILES string of the molecule is CC(N/C=C/C(=O)C1CCCCC1)C(O)c1ccc(O)cc1. The van der Waals surface area contributed by atoms with Crippen LogP contribution in [0.5, 0.6) is 5.75 Å². The number of aromatic hydroxyl groups is 1. The zero-order valence-corrected chi connectivity index (χ0v) is 13.0. The monoisotopic (exact) mass is 303 g/mol.